The fourth-order valence-electron chi connectivity index (χ4n) is 0.488. The lowest BCUT2D eigenvalue weighted by atomic mass is 10.8. The number of hydrogen-bond donors (Lipinski definition) is 0. The molecule has 0 aromatic carbocycles. The highest BCUT2D eigenvalue weighted by Crippen LogP contribution is 1.90. The zero-order chi connectivity index (χ0) is 9.23. The van der Waals surface area contributed by atoms with E-state index in [1.165, 1.54) is 12.2 Å². The molecule has 0 heterocycles. The van der Waals surface area contributed by atoms with Gasteiger partial charge >= 0.3 is 0 Å². The number of isocyanates is 2. The molecule has 0 radical (unpaired) electrons. The van der Waals surface area contributed by atoms with Crippen molar-refractivity contribution in [2.45, 2.75) is 0 Å². The molecule has 0 N–H and O–H groups in total. The zero-order valence-electron chi connectivity index (χ0n) is 6.36. The van der Waals surface area contributed by atoms with Crippen molar-refractivity contribution in [2.75, 3.05) is 24.6 Å². The molecule has 0 amide bonds. The first-order valence-electron chi connectivity index (χ1n) is 3.23. The van der Waals surface area contributed by atoms with E-state index in [0.717, 1.165) is 0 Å². The van der Waals surface area contributed by atoms with Crippen LogP contribution >= 0.6 is 0 Å². The van der Waals surface area contributed by atoms with E-state index in [1.807, 2.05) is 0 Å². The van der Waals surface area contributed by atoms with Crippen LogP contribution in [0, 0.1) is 0 Å². The second-order valence-corrected chi connectivity index (χ2v) is 3.49. The Kier molecular flexibility index (Phi) is 7.54. The average Bonchev–Trinajstić information content (AvgIpc) is 2.06. The van der Waals surface area contributed by atoms with Crippen molar-refractivity contribution in [2.24, 2.45) is 9.98 Å². The van der Waals surface area contributed by atoms with Crippen molar-refractivity contribution in [1.29, 1.82) is 0 Å². The normalized spacial score (nSPS) is 11.1. The Labute approximate surface area is 72.8 Å². The smallest absolute Gasteiger partial charge is 0.235 e. The number of rotatable bonds is 6. The van der Waals surface area contributed by atoms with Gasteiger partial charge in [0.15, 0.2) is 0 Å². The quantitative estimate of drug-likeness (QED) is 0.317. The van der Waals surface area contributed by atoms with E-state index in [2.05, 4.69) is 9.98 Å². The number of hydrogen-bond acceptors (Lipinski definition) is 5. The van der Waals surface area contributed by atoms with E-state index in [1.54, 1.807) is 0 Å². The standard InChI is InChI=1S/C6H8N2O3S/c9-5-7-1-3-12(11)4-2-8-6-10/h1-4H2. The van der Waals surface area contributed by atoms with Gasteiger partial charge in [0, 0.05) is 0 Å². The lowest BCUT2D eigenvalue weighted by Gasteiger charge is -2.05. The fourth-order valence-corrected chi connectivity index (χ4v) is 1.28. The van der Waals surface area contributed by atoms with Crippen LogP contribution in [0.2, 0.25) is 0 Å². The summed E-state index contributed by atoms with van der Waals surface area (Å²) in [6.07, 6.45) is 2.69. The molecule has 66 valence electrons. The highest BCUT2D eigenvalue weighted by Gasteiger charge is 2.03. The first-order valence-corrected chi connectivity index (χ1v) is 4.72. The van der Waals surface area contributed by atoms with Crippen LogP contribution in [0.3, 0.4) is 0 Å². The highest BCUT2D eigenvalue weighted by molar-refractivity contribution is 7.91. The SMILES string of the molecule is O=C=NCC[S+]([O-])CCN=C=O. The molecule has 0 atom stereocenters. The third-order valence-electron chi connectivity index (χ3n) is 0.991. The Morgan fingerprint density at radius 1 is 1.08 bits per heavy atom. The van der Waals surface area contributed by atoms with Gasteiger partial charge < -0.3 is 4.55 Å². The molecule has 0 bridgehead atoms. The molecule has 0 saturated heterocycles. The van der Waals surface area contributed by atoms with Gasteiger partial charge in [0.25, 0.3) is 0 Å². The fraction of sp³-hybridized carbons (Fsp3) is 0.667. The molecule has 0 aliphatic carbocycles. The lowest BCUT2D eigenvalue weighted by Crippen LogP contribution is -2.15. The predicted octanol–water partition coefficient (Wildman–Crippen LogP) is -0.593. The van der Waals surface area contributed by atoms with Crippen LogP contribution in [0.4, 0.5) is 0 Å². The van der Waals surface area contributed by atoms with Crippen molar-refractivity contribution in [1.82, 2.24) is 0 Å². The summed E-state index contributed by atoms with van der Waals surface area (Å²) in [6.45, 7) is 0.418. The highest BCUT2D eigenvalue weighted by atomic mass is 32.2. The summed E-state index contributed by atoms with van der Waals surface area (Å²) < 4.78 is 10.9. The van der Waals surface area contributed by atoms with Gasteiger partial charge in [0.05, 0.1) is 13.1 Å². The Morgan fingerprint density at radius 3 is 1.83 bits per heavy atom. The van der Waals surface area contributed by atoms with Crippen LogP contribution in [-0.2, 0) is 20.8 Å². The summed E-state index contributed by atoms with van der Waals surface area (Å²) in [4.78, 5) is 25.6. The number of nitrogens with zero attached hydrogens (tertiary/aromatic N) is 2. The molecule has 0 unspecified atom stereocenters. The van der Waals surface area contributed by atoms with Crippen LogP contribution in [0.1, 0.15) is 0 Å². The van der Waals surface area contributed by atoms with Crippen molar-refractivity contribution in [3.63, 3.8) is 0 Å². The average molecular weight is 188 g/mol. The van der Waals surface area contributed by atoms with Crippen LogP contribution in [-0.4, -0.2) is 41.3 Å². The minimum Gasteiger partial charge on any atom is -0.616 e. The second-order valence-electron chi connectivity index (χ2n) is 1.79. The van der Waals surface area contributed by atoms with Crippen molar-refractivity contribution >= 4 is 23.3 Å². The maximum atomic E-state index is 10.9. The van der Waals surface area contributed by atoms with Gasteiger partial charge in [0.2, 0.25) is 12.2 Å². The Balaban J connectivity index is 3.38. The summed E-state index contributed by atoms with van der Waals surface area (Å²) >= 11 is -1.07. The summed E-state index contributed by atoms with van der Waals surface area (Å²) in [5.74, 6) is 0.618. The molecular formula is C6H8N2O3S. The summed E-state index contributed by atoms with van der Waals surface area (Å²) in [5, 5.41) is 0. The van der Waals surface area contributed by atoms with E-state index in [-0.39, 0.29) is 13.1 Å². The summed E-state index contributed by atoms with van der Waals surface area (Å²) in [6, 6.07) is 0. The number of carbonyl (C=O) groups excluding carboxylic acids is 2. The van der Waals surface area contributed by atoms with Gasteiger partial charge in [-0.05, 0) is 11.2 Å². The van der Waals surface area contributed by atoms with Crippen LogP contribution < -0.4 is 0 Å². The molecular weight excluding hydrogens is 180 g/mol. The molecule has 0 rings (SSSR count). The minimum absolute atomic E-state index is 0.209. The van der Waals surface area contributed by atoms with Gasteiger partial charge in [0.1, 0.15) is 11.5 Å². The molecule has 12 heavy (non-hydrogen) atoms. The first-order chi connectivity index (χ1) is 5.81. The van der Waals surface area contributed by atoms with Gasteiger partial charge in [-0.2, -0.15) is 0 Å². The predicted molar refractivity (Wildman–Crippen MR) is 43.9 cm³/mol. The summed E-state index contributed by atoms with van der Waals surface area (Å²) in [7, 11) is 0. The van der Waals surface area contributed by atoms with E-state index in [4.69, 9.17) is 0 Å². The van der Waals surface area contributed by atoms with Gasteiger partial charge in [-0.15, -0.1) is 0 Å². The first kappa shape index (κ1) is 11.1. The zero-order valence-corrected chi connectivity index (χ0v) is 7.17. The van der Waals surface area contributed by atoms with Gasteiger partial charge in [-0.3, -0.25) is 0 Å². The second kappa shape index (κ2) is 8.17. The van der Waals surface area contributed by atoms with Crippen LogP contribution in [0.15, 0.2) is 9.98 Å². The van der Waals surface area contributed by atoms with Gasteiger partial charge in [-0.25, -0.2) is 19.6 Å². The Bertz CT molecular complexity index is 187. The lowest BCUT2D eigenvalue weighted by molar-refractivity contribution is 0.563. The van der Waals surface area contributed by atoms with Crippen molar-refractivity contribution in [3.8, 4) is 0 Å². The van der Waals surface area contributed by atoms with Crippen molar-refractivity contribution in [3.05, 3.63) is 0 Å². The molecule has 0 aromatic heterocycles. The maximum Gasteiger partial charge on any atom is 0.235 e. The molecule has 0 aliphatic rings. The summed E-state index contributed by atoms with van der Waals surface area (Å²) in [5.41, 5.74) is 0. The number of aliphatic imine (C=N–C) groups is 2. The molecule has 0 aliphatic heterocycles. The molecule has 0 spiro atoms. The topological polar surface area (TPSA) is 81.9 Å². The van der Waals surface area contributed by atoms with Crippen LogP contribution in [0.5, 0.6) is 0 Å². The minimum atomic E-state index is -1.07. The third kappa shape index (κ3) is 7.18. The van der Waals surface area contributed by atoms with E-state index in [9.17, 15) is 14.1 Å². The van der Waals surface area contributed by atoms with E-state index >= 15 is 0 Å². The third-order valence-corrected chi connectivity index (χ3v) is 2.27. The van der Waals surface area contributed by atoms with E-state index < -0.39 is 11.2 Å². The maximum absolute atomic E-state index is 10.9. The molecule has 6 heteroatoms. The van der Waals surface area contributed by atoms with E-state index in [0.29, 0.717) is 11.5 Å². The monoisotopic (exact) mass is 188 g/mol. The molecule has 0 fully saturated rings. The van der Waals surface area contributed by atoms with Gasteiger partial charge in [-0.1, -0.05) is 0 Å². The molecule has 5 nitrogen and oxygen atoms in total. The Hall–Kier alpha value is -0.930. The molecule has 0 saturated carbocycles. The Morgan fingerprint density at radius 2 is 1.50 bits per heavy atom. The largest absolute Gasteiger partial charge is 0.616 e. The molecule has 0 aromatic rings. The van der Waals surface area contributed by atoms with Crippen LogP contribution in [0.25, 0.3) is 0 Å². The van der Waals surface area contributed by atoms with Crippen molar-refractivity contribution < 1.29 is 14.1 Å².